The third-order valence-electron chi connectivity index (χ3n) is 1.59. The maximum atomic E-state index is 8.24. The van der Waals surface area contributed by atoms with Gasteiger partial charge in [-0.3, -0.25) is 9.59 Å². The molecule has 0 aromatic heterocycles. The van der Waals surface area contributed by atoms with Crippen LogP contribution in [0.4, 0.5) is 0 Å². The first kappa shape index (κ1) is 18.5. The normalized spacial score (nSPS) is 9.50. The first-order valence-electron chi connectivity index (χ1n) is 4.20. The minimum absolute atomic E-state index is 0.500. The van der Waals surface area contributed by atoms with Gasteiger partial charge in [0.1, 0.15) is 0 Å². The first-order chi connectivity index (χ1) is 6.51. The fraction of sp³-hybridized carbons (Fsp3) is 0.778. The van der Waals surface area contributed by atoms with Crippen LogP contribution in [0.1, 0.15) is 26.7 Å². The van der Waals surface area contributed by atoms with Gasteiger partial charge in [0.15, 0.2) is 0 Å². The van der Waals surface area contributed by atoms with Crippen LogP contribution in [0.3, 0.4) is 0 Å². The lowest BCUT2D eigenvalue weighted by atomic mass is 10.2. The SMILES string of the molecule is CCCC(C)N(C)C.[N-]=C=O.[N-]=C=O. The molecule has 0 aliphatic carbocycles. The smallest absolute Gasteiger partial charge is 0.00607 e. The van der Waals surface area contributed by atoms with E-state index in [9.17, 15) is 0 Å². The number of carbonyl (C=O) groups excluding carboxylic acids is 2. The van der Waals surface area contributed by atoms with Crippen LogP contribution in [0, 0.1) is 0 Å². The predicted octanol–water partition coefficient (Wildman–Crippen LogP) is 1.52. The molecule has 0 heterocycles. The van der Waals surface area contributed by atoms with E-state index in [0.29, 0.717) is 12.2 Å². The molecule has 0 fully saturated rings. The lowest BCUT2D eigenvalue weighted by molar-refractivity contribution is 0.297. The molecule has 0 aliphatic rings. The van der Waals surface area contributed by atoms with Gasteiger partial charge in [-0.05, 0) is 39.6 Å². The number of hydrogen-bond donors (Lipinski definition) is 0. The minimum Gasteiger partial charge on any atom is -0.724 e. The van der Waals surface area contributed by atoms with Gasteiger partial charge in [0.2, 0.25) is 0 Å². The molecule has 0 aromatic rings. The van der Waals surface area contributed by atoms with Crippen molar-refractivity contribution in [3.8, 4) is 0 Å². The summed E-state index contributed by atoms with van der Waals surface area (Å²) in [5.41, 5.74) is 0. The Balaban J connectivity index is -0.000000168. The summed E-state index contributed by atoms with van der Waals surface area (Å²) in [5, 5.41) is 13.5. The van der Waals surface area contributed by atoms with Crippen molar-refractivity contribution in [3.05, 3.63) is 10.8 Å². The topological polar surface area (TPSA) is 82.0 Å². The summed E-state index contributed by atoms with van der Waals surface area (Å²) in [6.07, 6.45) is 3.60. The average Bonchev–Trinajstić information content (AvgIpc) is 2.07. The Morgan fingerprint density at radius 2 is 1.50 bits per heavy atom. The van der Waals surface area contributed by atoms with E-state index in [1.165, 1.54) is 12.8 Å². The third kappa shape index (κ3) is 31.0. The van der Waals surface area contributed by atoms with Gasteiger partial charge < -0.3 is 15.7 Å². The van der Waals surface area contributed by atoms with Crippen LogP contribution in [0.25, 0.3) is 10.8 Å². The molecule has 0 saturated carbocycles. The molecule has 1 unspecified atom stereocenters. The number of rotatable bonds is 3. The molecule has 0 amide bonds. The molecule has 0 rings (SSSR count). The van der Waals surface area contributed by atoms with Crippen molar-refractivity contribution in [2.24, 2.45) is 0 Å². The zero-order valence-electron chi connectivity index (χ0n) is 9.15. The molecule has 14 heavy (non-hydrogen) atoms. The van der Waals surface area contributed by atoms with Gasteiger partial charge >= 0.3 is 0 Å². The van der Waals surface area contributed by atoms with Gasteiger partial charge in [-0.25, -0.2) is 0 Å². The molecule has 0 radical (unpaired) electrons. The fourth-order valence-corrected chi connectivity index (χ4v) is 0.676. The van der Waals surface area contributed by atoms with Gasteiger partial charge in [-0.1, -0.05) is 13.3 Å². The van der Waals surface area contributed by atoms with Crippen LogP contribution < -0.4 is 0 Å². The average molecular weight is 199 g/mol. The van der Waals surface area contributed by atoms with Crippen molar-refractivity contribution in [2.75, 3.05) is 14.1 Å². The van der Waals surface area contributed by atoms with Crippen molar-refractivity contribution >= 4 is 12.2 Å². The summed E-state index contributed by atoms with van der Waals surface area (Å²) in [7, 11) is 4.25. The van der Waals surface area contributed by atoms with E-state index in [1.54, 1.807) is 0 Å². The van der Waals surface area contributed by atoms with Crippen molar-refractivity contribution in [1.82, 2.24) is 4.90 Å². The highest BCUT2D eigenvalue weighted by Crippen LogP contribution is 1.99. The second-order valence-corrected chi connectivity index (χ2v) is 2.78. The number of isocyanates is 2. The summed E-state index contributed by atoms with van der Waals surface area (Å²) >= 11 is 0. The van der Waals surface area contributed by atoms with Crippen LogP contribution in [-0.2, 0) is 9.59 Å². The molecule has 0 aromatic carbocycles. The molecule has 1 atom stereocenters. The van der Waals surface area contributed by atoms with E-state index in [1.807, 2.05) is 0 Å². The molecular weight excluding hydrogens is 182 g/mol. The number of hydrogen-bond acceptors (Lipinski definition) is 3. The van der Waals surface area contributed by atoms with E-state index < -0.39 is 0 Å². The van der Waals surface area contributed by atoms with Gasteiger partial charge in [-0.15, -0.1) is 0 Å². The van der Waals surface area contributed by atoms with Crippen LogP contribution in [0.5, 0.6) is 0 Å². The second-order valence-electron chi connectivity index (χ2n) is 2.78. The molecule has 5 nitrogen and oxygen atoms in total. The highest BCUT2D eigenvalue weighted by Gasteiger charge is 1.99. The Morgan fingerprint density at radius 3 is 1.57 bits per heavy atom. The van der Waals surface area contributed by atoms with Crippen LogP contribution in [0.2, 0.25) is 0 Å². The fourth-order valence-electron chi connectivity index (χ4n) is 0.676. The number of nitrogens with zero attached hydrogens (tertiary/aromatic N) is 3. The van der Waals surface area contributed by atoms with Crippen LogP contribution in [-0.4, -0.2) is 37.2 Å². The highest BCUT2D eigenvalue weighted by molar-refractivity contribution is 5.37. The van der Waals surface area contributed by atoms with E-state index in [4.69, 9.17) is 20.4 Å². The first-order valence-corrected chi connectivity index (χ1v) is 4.20. The van der Waals surface area contributed by atoms with E-state index in [2.05, 4.69) is 32.8 Å². The molecule has 0 spiro atoms. The minimum atomic E-state index is 0.500. The van der Waals surface area contributed by atoms with E-state index in [0.717, 1.165) is 6.04 Å². The van der Waals surface area contributed by atoms with Crippen molar-refractivity contribution in [1.29, 1.82) is 0 Å². The van der Waals surface area contributed by atoms with E-state index >= 15 is 0 Å². The molecule has 82 valence electrons. The summed E-state index contributed by atoms with van der Waals surface area (Å²) in [5.74, 6) is 0. The molecule has 5 heteroatoms. The maximum absolute atomic E-state index is 8.24. The van der Waals surface area contributed by atoms with Crippen molar-refractivity contribution < 1.29 is 9.59 Å². The van der Waals surface area contributed by atoms with Crippen molar-refractivity contribution in [3.63, 3.8) is 0 Å². The molecule has 0 aliphatic heterocycles. The van der Waals surface area contributed by atoms with Gasteiger partial charge in [0.05, 0.1) is 0 Å². The largest absolute Gasteiger partial charge is 0.724 e. The quantitative estimate of drug-likeness (QED) is 0.510. The van der Waals surface area contributed by atoms with Gasteiger partial charge in [0.25, 0.3) is 0 Å². The summed E-state index contributed by atoms with van der Waals surface area (Å²) < 4.78 is 0. The van der Waals surface area contributed by atoms with Gasteiger partial charge in [-0.2, -0.15) is 0 Å². The molecule has 0 bridgehead atoms. The molecular formula is C9H17N3O2-2. The van der Waals surface area contributed by atoms with Gasteiger partial charge in [0, 0.05) is 6.04 Å². The standard InChI is InChI=1S/C7H17N.2CNO/c1-5-6-7(2)8(3)4;2*2-1-3/h7H,5-6H2,1-4H3;;/q;2*-1. The Bertz CT molecular complexity index is 157. The summed E-state index contributed by atoms with van der Waals surface area (Å²) in [4.78, 5) is 18.7. The van der Waals surface area contributed by atoms with Crippen LogP contribution >= 0.6 is 0 Å². The summed E-state index contributed by atoms with van der Waals surface area (Å²) in [6.45, 7) is 4.48. The lowest BCUT2D eigenvalue weighted by Crippen LogP contribution is -2.23. The summed E-state index contributed by atoms with van der Waals surface area (Å²) in [6, 6.07) is 0.750. The molecule has 0 N–H and O–H groups in total. The Labute approximate surface area is 85.1 Å². The zero-order valence-corrected chi connectivity index (χ0v) is 9.15. The third-order valence-corrected chi connectivity index (χ3v) is 1.59. The highest BCUT2D eigenvalue weighted by atomic mass is 16.1. The predicted molar refractivity (Wildman–Crippen MR) is 56.2 cm³/mol. The monoisotopic (exact) mass is 199 g/mol. The Hall–Kier alpha value is -1.28. The Kier molecular flexibility index (Phi) is 23.4. The van der Waals surface area contributed by atoms with Crippen LogP contribution in [0.15, 0.2) is 0 Å². The molecule has 0 saturated heterocycles. The maximum Gasteiger partial charge on any atom is 0.00607 e. The zero-order chi connectivity index (χ0) is 12.0. The van der Waals surface area contributed by atoms with E-state index in [-0.39, 0.29) is 0 Å². The van der Waals surface area contributed by atoms with Crippen molar-refractivity contribution in [2.45, 2.75) is 32.7 Å². The lowest BCUT2D eigenvalue weighted by Gasteiger charge is -2.17. The Morgan fingerprint density at radius 1 is 1.21 bits per heavy atom. The second kappa shape index (κ2) is 17.7.